The summed E-state index contributed by atoms with van der Waals surface area (Å²) in [7, 11) is 0. The quantitative estimate of drug-likeness (QED) is 0.514. The minimum absolute atomic E-state index is 0.0804. The van der Waals surface area contributed by atoms with Crippen LogP contribution in [0.4, 0.5) is 10.5 Å². The predicted molar refractivity (Wildman–Crippen MR) is 122 cm³/mol. The van der Waals surface area contributed by atoms with Crippen LogP contribution in [0.15, 0.2) is 18.2 Å². The Morgan fingerprint density at radius 2 is 1.83 bits per heavy atom. The van der Waals surface area contributed by atoms with Gasteiger partial charge in [0.25, 0.3) is 11.8 Å². The van der Waals surface area contributed by atoms with E-state index >= 15 is 0 Å². The maximum absolute atomic E-state index is 13.2. The fourth-order valence-electron chi connectivity index (χ4n) is 5.24. The standard InChI is InChI=1S/C24H28N4O7/c29-19-5-4-18(21(30)26-19)28-22(31)16-2-1-3-17(20(16)23(28)32)25-14-10-15(11-14)35-12-13-6-8-27(9-7-13)24(33)34/h1-3,13-15,18,25H,4-12H2,(H,33,34)(H,26,29,30). The van der Waals surface area contributed by atoms with Crippen LogP contribution in [-0.4, -0.2) is 82.5 Å². The second-order valence-corrected chi connectivity index (χ2v) is 9.66. The van der Waals surface area contributed by atoms with Crippen LogP contribution < -0.4 is 10.6 Å². The Hall–Kier alpha value is -3.47. The molecule has 0 spiro atoms. The normalized spacial score (nSPS) is 26.9. The van der Waals surface area contributed by atoms with Crippen LogP contribution in [0, 0.1) is 5.92 Å². The third-order valence-electron chi connectivity index (χ3n) is 7.38. The number of anilines is 1. The topological polar surface area (TPSA) is 145 Å². The van der Waals surface area contributed by atoms with Gasteiger partial charge in [0.05, 0.1) is 17.2 Å². The zero-order chi connectivity index (χ0) is 24.7. The molecule has 4 aliphatic rings. The van der Waals surface area contributed by atoms with E-state index in [1.54, 1.807) is 18.2 Å². The van der Waals surface area contributed by atoms with Gasteiger partial charge in [-0.15, -0.1) is 0 Å². The lowest BCUT2D eigenvalue weighted by atomic mass is 9.88. The van der Waals surface area contributed by atoms with E-state index < -0.39 is 35.8 Å². The van der Waals surface area contributed by atoms with Crippen LogP contribution in [0.2, 0.25) is 0 Å². The number of amides is 5. The highest BCUT2D eigenvalue weighted by atomic mass is 16.5. The molecule has 0 bridgehead atoms. The van der Waals surface area contributed by atoms with Crippen molar-refractivity contribution in [3.05, 3.63) is 29.3 Å². The molecule has 3 N–H and O–H groups in total. The number of carboxylic acid groups (broad SMARTS) is 1. The van der Waals surface area contributed by atoms with Crippen LogP contribution in [-0.2, 0) is 14.3 Å². The highest BCUT2D eigenvalue weighted by molar-refractivity contribution is 6.25. The van der Waals surface area contributed by atoms with E-state index in [0.717, 1.165) is 30.6 Å². The van der Waals surface area contributed by atoms with Crippen molar-refractivity contribution in [1.82, 2.24) is 15.1 Å². The van der Waals surface area contributed by atoms with E-state index in [0.29, 0.717) is 31.3 Å². The number of hydrogen-bond donors (Lipinski definition) is 3. The van der Waals surface area contributed by atoms with E-state index in [-0.39, 0.29) is 36.1 Å². The Kier molecular flexibility index (Phi) is 6.18. The number of carbonyl (C=O) groups excluding carboxylic acids is 4. The van der Waals surface area contributed by atoms with Gasteiger partial charge in [0.2, 0.25) is 11.8 Å². The summed E-state index contributed by atoms with van der Waals surface area (Å²) in [6.45, 7) is 1.69. The van der Waals surface area contributed by atoms with Crippen molar-refractivity contribution < 1.29 is 33.8 Å². The highest BCUT2D eigenvalue weighted by Gasteiger charge is 2.46. The van der Waals surface area contributed by atoms with Gasteiger partial charge in [0.1, 0.15) is 6.04 Å². The highest BCUT2D eigenvalue weighted by Crippen LogP contribution is 2.35. The zero-order valence-corrected chi connectivity index (χ0v) is 19.2. The second-order valence-electron chi connectivity index (χ2n) is 9.66. The van der Waals surface area contributed by atoms with Gasteiger partial charge >= 0.3 is 6.09 Å². The number of rotatable bonds is 6. The molecule has 1 saturated carbocycles. The molecule has 3 heterocycles. The van der Waals surface area contributed by atoms with Gasteiger partial charge in [-0.05, 0) is 50.2 Å². The summed E-state index contributed by atoms with van der Waals surface area (Å²) in [4.78, 5) is 63.3. The molecule has 1 aromatic carbocycles. The molecule has 1 aromatic rings. The van der Waals surface area contributed by atoms with Crippen LogP contribution in [0.3, 0.4) is 0 Å². The fraction of sp³-hybridized carbons (Fsp3) is 0.542. The molecule has 11 nitrogen and oxygen atoms in total. The average Bonchev–Trinajstić information content (AvgIpc) is 3.06. The molecule has 1 aliphatic carbocycles. The number of imide groups is 2. The predicted octanol–water partition coefficient (Wildman–Crippen LogP) is 1.44. The van der Waals surface area contributed by atoms with Crippen LogP contribution >= 0.6 is 0 Å². The Labute approximate surface area is 201 Å². The molecular formula is C24H28N4O7. The lowest BCUT2D eigenvalue weighted by Gasteiger charge is -2.38. The molecule has 5 amide bonds. The van der Waals surface area contributed by atoms with Gasteiger partial charge in [0, 0.05) is 37.8 Å². The molecule has 5 rings (SSSR count). The van der Waals surface area contributed by atoms with E-state index in [1.165, 1.54) is 4.90 Å². The maximum Gasteiger partial charge on any atom is 0.407 e. The van der Waals surface area contributed by atoms with E-state index in [4.69, 9.17) is 9.84 Å². The van der Waals surface area contributed by atoms with Crippen LogP contribution in [0.1, 0.15) is 59.2 Å². The molecule has 11 heteroatoms. The van der Waals surface area contributed by atoms with Gasteiger partial charge in [-0.25, -0.2) is 4.79 Å². The van der Waals surface area contributed by atoms with Crippen molar-refractivity contribution in [2.24, 2.45) is 5.92 Å². The first-order valence-corrected chi connectivity index (χ1v) is 12.0. The first kappa shape index (κ1) is 23.3. The summed E-state index contributed by atoms with van der Waals surface area (Å²) < 4.78 is 6.02. The van der Waals surface area contributed by atoms with E-state index in [9.17, 15) is 24.0 Å². The number of benzene rings is 1. The summed E-state index contributed by atoms with van der Waals surface area (Å²) in [5.41, 5.74) is 1.07. The lowest BCUT2D eigenvalue weighted by Crippen LogP contribution is -2.54. The molecule has 2 saturated heterocycles. The largest absolute Gasteiger partial charge is 0.465 e. The number of fused-ring (bicyclic) bond motifs is 1. The Bertz CT molecular complexity index is 1080. The van der Waals surface area contributed by atoms with E-state index in [1.807, 2.05) is 0 Å². The Morgan fingerprint density at radius 3 is 2.51 bits per heavy atom. The number of nitrogens with zero attached hydrogens (tertiary/aromatic N) is 2. The minimum atomic E-state index is -0.989. The van der Waals surface area contributed by atoms with Gasteiger partial charge < -0.3 is 20.1 Å². The third kappa shape index (κ3) is 4.47. The SMILES string of the molecule is O=C1CCC(N2C(=O)c3cccc(NC4CC(OCC5CCN(C(=O)O)CC5)C4)c3C2=O)C(=O)N1. The van der Waals surface area contributed by atoms with Gasteiger partial charge in [0.15, 0.2) is 0 Å². The molecule has 35 heavy (non-hydrogen) atoms. The molecule has 0 radical (unpaired) electrons. The van der Waals surface area contributed by atoms with Crippen molar-refractivity contribution in [2.45, 2.75) is 56.7 Å². The summed E-state index contributed by atoms with van der Waals surface area (Å²) >= 11 is 0. The smallest absolute Gasteiger partial charge is 0.407 e. The Balaban J connectivity index is 1.15. The van der Waals surface area contributed by atoms with Crippen LogP contribution in [0.25, 0.3) is 0 Å². The van der Waals surface area contributed by atoms with Crippen molar-refractivity contribution in [3.63, 3.8) is 0 Å². The third-order valence-corrected chi connectivity index (χ3v) is 7.38. The lowest BCUT2D eigenvalue weighted by molar-refractivity contribution is -0.136. The maximum atomic E-state index is 13.2. The van der Waals surface area contributed by atoms with Crippen molar-refractivity contribution in [3.8, 4) is 0 Å². The van der Waals surface area contributed by atoms with Gasteiger partial charge in [-0.2, -0.15) is 0 Å². The molecule has 1 atom stereocenters. The van der Waals surface area contributed by atoms with Crippen molar-refractivity contribution in [1.29, 1.82) is 0 Å². The first-order chi connectivity index (χ1) is 16.8. The van der Waals surface area contributed by atoms with Crippen LogP contribution in [0.5, 0.6) is 0 Å². The number of ether oxygens (including phenoxy) is 1. The van der Waals surface area contributed by atoms with Gasteiger partial charge in [-0.3, -0.25) is 29.4 Å². The monoisotopic (exact) mass is 484 g/mol. The molecular weight excluding hydrogens is 456 g/mol. The molecule has 186 valence electrons. The number of likely N-dealkylation sites (tertiary alicyclic amines) is 1. The average molecular weight is 485 g/mol. The number of nitrogens with one attached hydrogen (secondary N) is 2. The van der Waals surface area contributed by atoms with E-state index in [2.05, 4.69) is 10.6 Å². The summed E-state index contributed by atoms with van der Waals surface area (Å²) in [6, 6.07) is 4.14. The summed E-state index contributed by atoms with van der Waals surface area (Å²) in [6.07, 6.45) is 2.55. The summed E-state index contributed by atoms with van der Waals surface area (Å²) in [5.74, 6) is -1.72. The fourth-order valence-corrected chi connectivity index (χ4v) is 5.24. The second kappa shape index (κ2) is 9.29. The Morgan fingerprint density at radius 1 is 1.09 bits per heavy atom. The molecule has 1 unspecified atom stereocenters. The number of hydrogen-bond acceptors (Lipinski definition) is 7. The number of piperidine rings is 2. The first-order valence-electron chi connectivity index (χ1n) is 12.0. The minimum Gasteiger partial charge on any atom is -0.465 e. The zero-order valence-electron chi connectivity index (χ0n) is 19.2. The molecule has 0 aromatic heterocycles. The summed E-state index contributed by atoms with van der Waals surface area (Å²) in [5, 5.41) is 14.6. The number of carbonyl (C=O) groups is 5. The van der Waals surface area contributed by atoms with Crippen molar-refractivity contribution >= 4 is 35.4 Å². The van der Waals surface area contributed by atoms with Crippen molar-refractivity contribution in [2.75, 3.05) is 25.0 Å². The van der Waals surface area contributed by atoms with Gasteiger partial charge in [-0.1, -0.05) is 6.07 Å². The molecule has 3 aliphatic heterocycles. The molecule has 3 fully saturated rings.